The Kier molecular flexibility index (Phi) is 5.43. The van der Waals surface area contributed by atoms with E-state index in [2.05, 4.69) is 10.2 Å². The first kappa shape index (κ1) is 21.2. The SMILES string of the molecule is O=S(=O)(c1ccc(F)c(C(F)(F)F)c1)N1CCN(c2ccc(-c3ccco3)nn2)CC1. The van der Waals surface area contributed by atoms with E-state index in [1.165, 1.54) is 6.26 Å². The quantitative estimate of drug-likeness (QED) is 0.560. The van der Waals surface area contributed by atoms with Crippen molar-refractivity contribution in [2.45, 2.75) is 11.1 Å². The molecule has 164 valence electrons. The molecule has 2 aromatic heterocycles. The predicted octanol–water partition coefficient (Wildman–Crippen LogP) is 3.41. The number of furan rings is 1. The number of halogens is 4. The Morgan fingerprint density at radius 2 is 1.71 bits per heavy atom. The molecule has 1 aliphatic heterocycles. The Morgan fingerprint density at radius 3 is 2.29 bits per heavy atom. The third kappa shape index (κ3) is 4.26. The molecule has 3 aromatic rings. The van der Waals surface area contributed by atoms with Crippen LogP contribution in [0.25, 0.3) is 11.5 Å². The van der Waals surface area contributed by atoms with Crippen molar-refractivity contribution >= 4 is 15.8 Å². The molecule has 7 nitrogen and oxygen atoms in total. The number of hydrogen-bond acceptors (Lipinski definition) is 6. The van der Waals surface area contributed by atoms with Crippen LogP contribution in [0.3, 0.4) is 0 Å². The van der Waals surface area contributed by atoms with Gasteiger partial charge in [-0.15, -0.1) is 10.2 Å². The first-order valence-electron chi connectivity index (χ1n) is 9.16. The minimum atomic E-state index is -4.99. The number of aromatic nitrogens is 2. The van der Waals surface area contributed by atoms with Crippen molar-refractivity contribution in [2.75, 3.05) is 31.1 Å². The molecule has 0 aliphatic carbocycles. The third-order valence-electron chi connectivity index (χ3n) is 4.87. The Morgan fingerprint density at radius 1 is 0.968 bits per heavy atom. The number of rotatable bonds is 4. The molecular weight excluding hydrogens is 440 g/mol. The van der Waals surface area contributed by atoms with Gasteiger partial charge in [0.25, 0.3) is 0 Å². The highest BCUT2D eigenvalue weighted by molar-refractivity contribution is 7.89. The van der Waals surface area contributed by atoms with Crippen molar-refractivity contribution in [3.63, 3.8) is 0 Å². The van der Waals surface area contributed by atoms with E-state index in [0.29, 0.717) is 29.4 Å². The molecule has 0 amide bonds. The van der Waals surface area contributed by atoms with Gasteiger partial charge in [0.15, 0.2) is 11.6 Å². The summed E-state index contributed by atoms with van der Waals surface area (Å²) in [6.45, 7) is 0.591. The molecule has 0 saturated carbocycles. The van der Waals surface area contributed by atoms with Crippen LogP contribution in [0.2, 0.25) is 0 Å². The second-order valence-electron chi connectivity index (χ2n) is 6.78. The summed E-state index contributed by atoms with van der Waals surface area (Å²) in [7, 11) is -4.21. The van der Waals surface area contributed by atoms with E-state index in [9.17, 15) is 26.0 Å². The molecule has 0 spiro atoms. The standard InChI is InChI=1S/C19H16F4N4O3S/c20-15-4-3-13(12-14(15)19(21,22)23)31(28,29)27-9-7-26(8-10-27)18-6-5-16(24-25-18)17-2-1-11-30-17/h1-6,11-12H,7-10H2. The third-order valence-corrected chi connectivity index (χ3v) is 6.76. The van der Waals surface area contributed by atoms with Crippen LogP contribution in [-0.2, 0) is 16.2 Å². The van der Waals surface area contributed by atoms with Gasteiger partial charge in [-0.3, -0.25) is 0 Å². The van der Waals surface area contributed by atoms with E-state index in [1.807, 2.05) is 4.90 Å². The summed E-state index contributed by atoms with van der Waals surface area (Å²) in [4.78, 5) is 1.22. The van der Waals surface area contributed by atoms with Gasteiger partial charge in [-0.1, -0.05) is 0 Å². The lowest BCUT2D eigenvalue weighted by molar-refractivity contribution is -0.140. The van der Waals surface area contributed by atoms with E-state index < -0.39 is 32.5 Å². The molecule has 0 bridgehead atoms. The lowest BCUT2D eigenvalue weighted by atomic mass is 10.2. The van der Waals surface area contributed by atoms with Crippen LogP contribution in [0.15, 0.2) is 58.0 Å². The molecule has 1 fully saturated rings. The van der Waals surface area contributed by atoms with Gasteiger partial charge < -0.3 is 9.32 Å². The Hall–Kier alpha value is -2.99. The van der Waals surface area contributed by atoms with Crippen molar-refractivity contribution in [2.24, 2.45) is 0 Å². The zero-order valence-corrected chi connectivity index (χ0v) is 16.7. The molecule has 4 rings (SSSR count). The van der Waals surface area contributed by atoms with Crippen molar-refractivity contribution in [3.8, 4) is 11.5 Å². The van der Waals surface area contributed by atoms with Crippen LogP contribution in [0.1, 0.15) is 5.56 Å². The van der Waals surface area contributed by atoms with Crippen LogP contribution in [-0.4, -0.2) is 49.1 Å². The smallest absolute Gasteiger partial charge is 0.419 e. The first-order chi connectivity index (χ1) is 14.7. The normalized spacial score (nSPS) is 15.9. The van der Waals surface area contributed by atoms with Crippen molar-refractivity contribution in [1.29, 1.82) is 0 Å². The summed E-state index contributed by atoms with van der Waals surface area (Å²) >= 11 is 0. The van der Waals surface area contributed by atoms with Crippen LogP contribution in [0.5, 0.6) is 0 Å². The summed E-state index contributed by atoms with van der Waals surface area (Å²) in [6.07, 6.45) is -3.47. The highest BCUT2D eigenvalue weighted by Crippen LogP contribution is 2.33. The summed E-state index contributed by atoms with van der Waals surface area (Å²) in [5.41, 5.74) is -1.06. The molecule has 1 aliphatic rings. The van der Waals surface area contributed by atoms with E-state index in [0.717, 1.165) is 10.4 Å². The minimum Gasteiger partial charge on any atom is -0.463 e. The molecule has 3 heterocycles. The Labute approximate surface area is 175 Å². The highest BCUT2D eigenvalue weighted by Gasteiger charge is 2.37. The summed E-state index contributed by atoms with van der Waals surface area (Å²) in [5, 5.41) is 8.23. The molecule has 12 heteroatoms. The van der Waals surface area contributed by atoms with Gasteiger partial charge in [0.05, 0.1) is 16.7 Å². The highest BCUT2D eigenvalue weighted by atomic mass is 32.2. The lowest BCUT2D eigenvalue weighted by Crippen LogP contribution is -2.49. The van der Waals surface area contributed by atoms with Gasteiger partial charge in [-0.25, -0.2) is 12.8 Å². The predicted molar refractivity (Wildman–Crippen MR) is 102 cm³/mol. The number of piperazine rings is 1. The van der Waals surface area contributed by atoms with Crippen molar-refractivity contribution < 1.29 is 30.4 Å². The number of anilines is 1. The number of hydrogen-bond donors (Lipinski definition) is 0. The molecule has 1 aromatic carbocycles. The zero-order valence-electron chi connectivity index (χ0n) is 15.9. The fourth-order valence-electron chi connectivity index (χ4n) is 3.24. The minimum absolute atomic E-state index is 0.0304. The second-order valence-corrected chi connectivity index (χ2v) is 8.72. The van der Waals surface area contributed by atoms with Gasteiger partial charge in [0.2, 0.25) is 10.0 Å². The van der Waals surface area contributed by atoms with Gasteiger partial charge in [-0.2, -0.15) is 17.5 Å². The number of sulfonamides is 1. The molecule has 31 heavy (non-hydrogen) atoms. The van der Waals surface area contributed by atoms with Crippen molar-refractivity contribution in [1.82, 2.24) is 14.5 Å². The summed E-state index contributed by atoms with van der Waals surface area (Å²) < 4.78 is 84.2. The number of nitrogens with zero attached hydrogens (tertiary/aromatic N) is 4. The van der Waals surface area contributed by atoms with Gasteiger partial charge in [-0.05, 0) is 42.5 Å². The maximum Gasteiger partial charge on any atom is 0.419 e. The van der Waals surface area contributed by atoms with Crippen molar-refractivity contribution in [3.05, 3.63) is 60.1 Å². The largest absolute Gasteiger partial charge is 0.463 e. The fraction of sp³-hybridized carbons (Fsp3) is 0.263. The fourth-order valence-corrected chi connectivity index (χ4v) is 4.69. The maximum atomic E-state index is 13.5. The molecule has 0 radical (unpaired) electrons. The lowest BCUT2D eigenvalue weighted by Gasteiger charge is -2.34. The summed E-state index contributed by atoms with van der Waals surface area (Å²) in [6, 6.07) is 8.60. The van der Waals surface area contributed by atoms with Crippen LogP contribution in [0, 0.1) is 5.82 Å². The average Bonchev–Trinajstić information content (AvgIpc) is 3.28. The topological polar surface area (TPSA) is 79.5 Å². The van der Waals surface area contributed by atoms with Crippen LogP contribution < -0.4 is 4.90 Å². The van der Waals surface area contributed by atoms with Crippen LogP contribution >= 0.6 is 0 Å². The maximum absolute atomic E-state index is 13.5. The monoisotopic (exact) mass is 456 g/mol. The molecular formula is C19H16F4N4O3S. The van der Waals surface area contributed by atoms with Gasteiger partial charge in [0, 0.05) is 26.2 Å². The van der Waals surface area contributed by atoms with Crippen LogP contribution in [0.4, 0.5) is 23.4 Å². The molecule has 0 atom stereocenters. The van der Waals surface area contributed by atoms with E-state index in [4.69, 9.17) is 4.42 Å². The average molecular weight is 456 g/mol. The zero-order chi connectivity index (χ0) is 22.2. The Bertz CT molecular complexity index is 1160. The first-order valence-corrected chi connectivity index (χ1v) is 10.6. The number of benzene rings is 1. The molecule has 0 unspecified atom stereocenters. The number of alkyl halides is 3. The van der Waals surface area contributed by atoms with E-state index >= 15 is 0 Å². The Balaban J connectivity index is 1.47. The van der Waals surface area contributed by atoms with Gasteiger partial charge >= 0.3 is 6.18 Å². The van der Waals surface area contributed by atoms with E-state index in [1.54, 1.807) is 24.3 Å². The molecule has 1 saturated heterocycles. The summed E-state index contributed by atoms with van der Waals surface area (Å²) in [5.74, 6) is -0.422. The second kappa shape index (κ2) is 7.93. The van der Waals surface area contributed by atoms with Gasteiger partial charge in [0.1, 0.15) is 11.5 Å². The van der Waals surface area contributed by atoms with E-state index in [-0.39, 0.29) is 26.2 Å². The molecule has 0 N–H and O–H groups in total.